The van der Waals surface area contributed by atoms with Gasteiger partial charge in [-0.1, -0.05) is 237 Å². The standard InChI is InChI=1S/C79H51N3/c1-3-19-52(20-4-1)54-43-47-59(48-44-54)82-74-35-16-10-25-64(74)66-29-17-28-61(78(66)82)56-39-37-53(38-40-56)55-41-45-58(46-42-55)80(60-49-50-75-68(51-60)65-26-11-15-34-73(65)81(75)57-21-5-2-6-22-57)76-36-18-33-72-77(76)67-27-9-14-32-71(67)79(72)69-30-12-7-23-62(69)63-24-8-13-31-70(63)79/h1-51H. The van der Waals surface area contributed by atoms with Crippen molar-refractivity contribution in [1.29, 1.82) is 0 Å². The number of anilines is 3. The Labute approximate surface area is 476 Å². The second-order valence-corrected chi connectivity index (χ2v) is 21.9. The van der Waals surface area contributed by atoms with E-state index >= 15 is 0 Å². The molecular weight excluding hydrogens is 991 g/mol. The molecule has 2 aliphatic carbocycles. The first kappa shape index (κ1) is 46.2. The van der Waals surface area contributed by atoms with Crippen molar-refractivity contribution in [3.8, 4) is 67.0 Å². The predicted octanol–water partition coefficient (Wildman–Crippen LogP) is 20.7. The van der Waals surface area contributed by atoms with Gasteiger partial charge in [-0.15, -0.1) is 0 Å². The van der Waals surface area contributed by atoms with E-state index in [4.69, 9.17) is 0 Å². The fourth-order valence-electron chi connectivity index (χ4n) is 14.3. The lowest BCUT2D eigenvalue weighted by molar-refractivity contribution is 0.794. The molecule has 17 rings (SSSR count). The zero-order chi connectivity index (χ0) is 53.9. The molecular formula is C79H51N3. The maximum absolute atomic E-state index is 2.51. The minimum Gasteiger partial charge on any atom is -0.310 e. The molecule has 0 bridgehead atoms. The van der Waals surface area contributed by atoms with Crippen molar-refractivity contribution in [3.05, 3.63) is 332 Å². The predicted molar refractivity (Wildman–Crippen MR) is 342 cm³/mol. The topological polar surface area (TPSA) is 13.1 Å². The summed E-state index contributed by atoms with van der Waals surface area (Å²) < 4.78 is 4.84. The number of hydrogen-bond acceptors (Lipinski definition) is 1. The third kappa shape index (κ3) is 6.71. The van der Waals surface area contributed by atoms with Crippen molar-refractivity contribution in [1.82, 2.24) is 9.13 Å². The van der Waals surface area contributed by atoms with Crippen LogP contribution in [0.2, 0.25) is 0 Å². The van der Waals surface area contributed by atoms with Crippen LogP contribution in [0.3, 0.4) is 0 Å². The van der Waals surface area contributed by atoms with Crippen LogP contribution in [0.4, 0.5) is 17.1 Å². The molecule has 82 heavy (non-hydrogen) atoms. The average molecular weight is 1040 g/mol. The van der Waals surface area contributed by atoms with Crippen LogP contribution in [0.1, 0.15) is 22.3 Å². The quantitative estimate of drug-likeness (QED) is 0.148. The molecule has 0 atom stereocenters. The fourth-order valence-corrected chi connectivity index (χ4v) is 14.3. The van der Waals surface area contributed by atoms with E-state index in [1.807, 2.05) is 0 Å². The summed E-state index contributed by atoms with van der Waals surface area (Å²) in [7, 11) is 0. The molecule has 0 saturated heterocycles. The Bertz CT molecular complexity index is 4960. The van der Waals surface area contributed by atoms with Gasteiger partial charge in [0.05, 0.1) is 33.2 Å². The first-order chi connectivity index (χ1) is 40.7. The Balaban J connectivity index is 0.808. The second kappa shape index (κ2) is 18.2. The van der Waals surface area contributed by atoms with Crippen LogP contribution < -0.4 is 4.90 Å². The maximum Gasteiger partial charge on any atom is 0.0726 e. The van der Waals surface area contributed by atoms with Gasteiger partial charge in [0, 0.05) is 55.4 Å². The van der Waals surface area contributed by atoms with Crippen LogP contribution >= 0.6 is 0 Å². The molecule has 2 heterocycles. The highest BCUT2D eigenvalue weighted by atomic mass is 15.1. The van der Waals surface area contributed by atoms with Gasteiger partial charge in [0.15, 0.2) is 0 Å². The van der Waals surface area contributed by atoms with Crippen LogP contribution in [-0.2, 0) is 5.41 Å². The van der Waals surface area contributed by atoms with E-state index in [9.17, 15) is 0 Å². The average Bonchev–Trinajstić information content (AvgIpc) is 1.85. The highest BCUT2D eigenvalue weighted by Gasteiger charge is 2.52. The number of hydrogen-bond donors (Lipinski definition) is 0. The molecule has 0 N–H and O–H groups in total. The second-order valence-electron chi connectivity index (χ2n) is 21.9. The van der Waals surface area contributed by atoms with Gasteiger partial charge < -0.3 is 14.0 Å². The highest BCUT2D eigenvalue weighted by molar-refractivity contribution is 6.14. The normalized spacial score (nSPS) is 12.7. The number of nitrogens with zero attached hydrogens (tertiary/aromatic N) is 3. The Morgan fingerprint density at radius 3 is 1.38 bits per heavy atom. The molecule has 15 aromatic rings. The summed E-state index contributed by atoms with van der Waals surface area (Å²) >= 11 is 0. The number of aromatic nitrogens is 2. The van der Waals surface area contributed by atoms with Gasteiger partial charge in [-0.25, -0.2) is 0 Å². The molecule has 382 valence electrons. The summed E-state index contributed by atoms with van der Waals surface area (Å²) in [6.07, 6.45) is 0. The zero-order valence-corrected chi connectivity index (χ0v) is 44.8. The SMILES string of the molecule is c1ccc(-c2ccc(-n3c4ccccc4c4cccc(-c5ccc(-c6ccc(N(c7ccc8c(c7)c7ccccc7n8-c7ccccc7)c7cccc8c7-c7ccccc7C87c8ccccc8-c8ccccc87)cc6)cc5)c43)cc2)cc1. The molecule has 0 radical (unpaired) electrons. The van der Waals surface area contributed by atoms with E-state index < -0.39 is 5.41 Å². The molecule has 0 saturated carbocycles. The molecule has 13 aromatic carbocycles. The smallest absolute Gasteiger partial charge is 0.0726 e. The third-order valence-corrected chi connectivity index (χ3v) is 17.8. The number of rotatable bonds is 8. The van der Waals surface area contributed by atoms with Gasteiger partial charge >= 0.3 is 0 Å². The van der Waals surface area contributed by atoms with Gasteiger partial charge in [0.25, 0.3) is 0 Å². The Hall–Kier alpha value is -10.7. The summed E-state index contributed by atoms with van der Waals surface area (Å²) in [5.74, 6) is 0. The molecule has 0 unspecified atom stereocenters. The first-order valence-corrected chi connectivity index (χ1v) is 28.4. The summed E-state index contributed by atoms with van der Waals surface area (Å²) in [5.41, 5.74) is 27.5. The minimum atomic E-state index is -0.472. The molecule has 3 nitrogen and oxygen atoms in total. The molecule has 0 fully saturated rings. The van der Waals surface area contributed by atoms with Gasteiger partial charge in [0.1, 0.15) is 0 Å². The number of para-hydroxylation sites is 4. The van der Waals surface area contributed by atoms with E-state index in [0.29, 0.717) is 0 Å². The summed E-state index contributed by atoms with van der Waals surface area (Å²) in [6.45, 7) is 0. The number of fused-ring (bicyclic) bond motifs is 16. The van der Waals surface area contributed by atoms with E-state index in [1.54, 1.807) is 0 Å². The van der Waals surface area contributed by atoms with Gasteiger partial charge in [-0.3, -0.25) is 0 Å². The largest absolute Gasteiger partial charge is 0.310 e. The molecule has 1 spiro atoms. The van der Waals surface area contributed by atoms with E-state index in [2.05, 4.69) is 323 Å². The highest BCUT2D eigenvalue weighted by Crippen LogP contribution is 2.64. The van der Waals surface area contributed by atoms with E-state index in [-0.39, 0.29) is 0 Å². The van der Waals surface area contributed by atoms with Crippen molar-refractivity contribution in [2.75, 3.05) is 4.90 Å². The fraction of sp³-hybridized carbons (Fsp3) is 0.0127. The first-order valence-electron chi connectivity index (χ1n) is 28.4. The lowest BCUT2D eigenvalue weighted by Gasteiger charge is -2.32. The lowest BCUT2D eigenvalue weighted by Crippen LogP contribution is -2.26. The van der Waals surface area contributed by atoms with Crippen molar-refractivity contribution in [2.45, 2.75) is 5.41 Å². The third-order valence-electron chi connectivity index (χ3n) is 17.8. The monoisotopic (exact) mass is 1040 g/mol. The Kier molecular flexibility index (Phi) is 10.2. The van der Waals surface area contributed by atoms with Crippen LogP contribution in [-0.4, -0.2) is 9.13 Å². The van der Waals surface area contributed by atoms with Gasteiger partial charge in [-0.05, 0) is 140 Å². The van der Waals surface area contributed by atoms with Crippen molar-refractivity contribution in [3.63, 3.8) is 0 Å². The molecule has 2 aromatic heterocycles. The van der Waals surface area contributed by atoms with Crippen molar-refractivity contribution >= 4 is 60.7 Å². The van der Waals surface area contributed by atoms with Crippen molar-refractivity contribution in [2.24, 2.45) is 0 Å². The van der Waals surface area contributed by atoms with Gasteiger partial charge in [-0.2, -0.15) is 0 Å². The Morgan fingerprint density at radius 1 is 0.256 bits per heavy atom. The maximum atomic E-state index is 2.51. The Morgan fingerprint density at radius 2 is 0.695 bits per heavy atom. The van der Waals surface area contributed by atoms with Crippen molar-refractivity contribution < 1.29 is 0 Å². The number of benzene rings is 13. The molecule has 0 aliphatic heterocycles. The van der Waals surface area contributed by atoms with Crippen LogP contribution in [0.25, 0.3) is 111 Å². The zero-order valence-electron chi connectivity index (χ0n) is 44.8. The molecule has 3 heteroatoms. The van der Waals surface area contributed by atoms with Crippen LogP contribution in [0, 0.1) is 0 Å². The van der Waals surface area contributed by atoms with E-state index in [1.165, 1.54) is 110 Å². The van der Waals surface area contributed by atoms with E-state index in [0.717, 1.165) is 39.6 Å². The van der Waals surface area contributed by atoms with Crippen LogP contribution in [0.5, 0.6) is 0 Å². The molecule has 2 aliphatic rings. The summed E-state index contributed by atoms with van der Waals surface area (Å²) in [4.78, 5) is 2.51. The summed E-state index contributed by atoms with van der Waals surface area (Å²) in [6, 6.07) is 115. The van der Waals surface area contributed by atoms with Crippen LogP contribution in [0.15, 0.2) is 309 Å². The molecule has 0 amide bonds. The van der Waals surface area contributed by atoms with Gasteiger partial charge in [0.2, 0.25) is 0 Å². The summed E-state index contributed by atoms with van der Waals surface area (Å²) in [5, 5.41) is 4.92. The lowest BCUT2D eigenvalue weighted by atomic mass is 9.70. The minimum absolute atomic E-state index is 0.472.